The predicted molar refractivity (Wildman–Crippen MR) is 49.2 cm³/mol. The van der Waals surface area contributed by atoms with Gasteiger partial charge < -0.3 is 15.0 Å². The van der Waals surface area contributed by atoms with Gasteiger partial charge in [-0.15, -0.1) is 0 Å². The van der Waals surface area contributed by atoms with Crippen molar-refractivity contribution in [3.8, 4) is 5.75 Å². The van der Waals surface area contributed by atoms with E-state index in [9.17, 15) is 5.11 Å². The van der Waals surface area contributed by atoms with Crippen molar-refractivity contribution in [2.24, 2.45) is 0 Å². The van der Waals surface area contributed by atoms with E-state index in [1.54, 1.807) is 13.2 Å². The summed E-state index contributed by atoms with van der Waals surface area (Å²) in [5, 5.41) is 12.2. The van der Waals surface area contributed by atoms with Crippen molar-refractivity contribution in [3.63, 3.8) is 0 Å². The molecule has 0 bridgehead atoms. The van der Waals surface area contributed by atoms with Gasteiger partial charge in [-0.1, -0.05) is 6.07 Å². The molecule has 0 amide bonds. The molecule has 3 nitrogen and oxygen atoms in total. The van der Waals surface area contributed by atoms with Gasteiger partial charge in [0.15, 0.2) is 0 Å². The molecular weight excluding hydrogens is 153 g/mol. The number of phenolic OH excluding ortho intramolecular Hbond substituents is 1. The number of hydrogen-bond acceptors (Lipinski definition) is 3. The Bertz CT molecular complexity index is 265. The third-order valence-corrected chi connectivity index (χ3v) is 1.55. The Balaban J connectivity index is 2.69. The maximum atomic E-state index is 9.30. The van der Waals surface area contributed by atoms with Crippen LogP contribution in [0.1, 0.15) is 5.56 Å². The third kappa shape index (κ3) is 2.17. The van der Waals surface area contributed by atoms with Gasteiger partial charge in [-0.25, -0.2) is 0 Å². The molecule has 0 fully saturated rings. The highest BCUT2D eigenvalue weighted by Gasteiger charge is 1.97. The van der Waals surface area contributed by atoms with Crippen molar-refractivity contribution in [3.05, 3.63) is 23.8 Å². The highest BCUT2D eigenvalue weighted by molar-refractivity contribution is 6.32. The Morgan fingerprint density at radius 1 is 1.50 bits per heavy atom. The Labute approximate surface area is 72.7 Å². The summed E-state index contributed by atoms with van der Waals surface area (Å²) in [5.41, 5.74) is 1.66. The van der Waals surface area contributed by atoms with Gasteiger partial charge in [0.1, 0.15) is 5.75 Å². The summed E-state index contributed by atoms with van der Waals surface area (Å²) in [6, 6.07) is 5.34. The highest BCUT2D eigenvalue weighted by atomic mass is 16.4. The fraction of sp³-hybridized carbons (Fsp3) is 0.250. The minimum absolute atomic E-state index is 0.282. The number of phenols is 1. The van der Waals surface area contributed by atoms with Crippen LogP contribution in [0.2, 0.25) is 0 Å². The first-order valence-electron chi connectivity index (χ1n) is 3.64. The van der Waals surface area contributed by atoms with E-state index < -0.39 is 0 Å². The van der Waals surface area contributed by atoms with Crippen LogP contribution in [-0.4, -0.2) is 19.8 Å². The number of benzene rings is 1. The second-order valence-corrected chi connectivity index (χ2v) is 2.50. The number of rotatable bonds is 3. The standard InChI is InChI=1S/C8H11BNO2/c1-6-3-4-7(5-8(6)11)10-9-12-2/h3-5,10-11H,1-2H3. The van der Waals surface area contributed by atoms with Crippen LogP contribution in [0.3, 0.4) is 0 Å². The molecule has 4 heteroatoms. The lowest BCUT2D eigenvalue weighted by molar-refractivity contribution is 0.446. The van der Waals surface area contributed by atoms with Gasteiger partial charge >= 0.3 is 7.62 Å². The summed E-state index contributed by atoms with van der Waals surface area (Å²) < 4.78 is 4.70. The lowest BCUT2D eigenvalue weighted by Crippen LogP contribution is -2.07. The van der Waals surface area contributed by atoms with Gasteiger partial charge in [-0.3, -0.25) is 0 Å². The summed E-state index contributed by atoms with van der Waals surface area (Å²) in [6.07, 6.45) is 0. The zero-order valence-electron chi connectivity index (χ0n) is 7.16. The van der Waals surface area contributed by atoms with Crippen molar-refractivity contribution in [2.45, 2.75) is 6.92 Å². The molecule has 0 saturated heterocycles. The fourth-order valence-electron chi connectivity index (χ4n) is 0.826. The number of hydrogen-bond donors (Lipinski definition) is 2. The SMILES string of the molecule is CO[B]Nc1ccc(C)c(O)c1. The molecule has 1 rings (SSSR count). The van der Waals surface area contributed by atoms with Crippen LogP contribution in [0.4, 0.5) is 5.69 Å². The molecule has 63 valence electrons. The van der Waals surface area contributed by atoms with Crippen LogP contribution in [0, 0.1) is 6.92 Å². The van der Waals surface area contributed by atoms with Crippen LogP contribution >= 0.6 is 0 Å². The Kier molecular flexibility index (Phi) is 2.99. The van der Waals surface area contributed by atoms with Crippen LogP contribution in [0.5, 0.6) is 5.75 Å². The lowest BCUT2D eigenvalue weighted by atomic mass is 10.1. The molecule has 0 aliphatic carbocycles. The Morgan fingerprint density at radius 2 is 2.25 bits per heavy atom. The maximum absolute atomic E-state index is 9.30. The average Bonchev–Trinajstić information content (AvgIpc) is 2.07. The molecule has 0 unspecified atom stereocenters. The van der Waals surface area contributed by atoms with E-state index in [1.807, 2.05) is 19.1 Å². The van der Waals surface area contributed by atoms with E-state index in [0.717, 1.165) is 11.3 Å². The molecule has 0 aromatic heterocycles. The highest BCUT2D eigenvalue weighted by Crippen LogP contribution is 2.20. The second-order valence-electron chi connectivity index (χ2n) is 2.50. The van der Waals surface area contributed by atoms with E-state index in [1.165, 1.54) is 7.62 Å². The first kappa shape index (κ1) is 8.94. The molecule has 0 aliphatic rings. The van der Waals surface area contributed by atoms with Crippen LogP contribution in [-0.2, 0) is 4.65 Å². The number of aromatic hydroxyl groups is 1. The smallest absolute Gasteiger partial charge is 0.435 e. The topological polar surface area (TPSA) is 41.5 Å². The number of aryl methyl sites for hydroxylation is 1. The van der Waals surface area contributed by atoms with Gasteiger partial charge in [-0.05, 0) is 18.6 Å². The van der Waals surface area contributed by atoms with E-state index in [2.05, 4.69) is 5.23 Å². The molecule has 1 aromatic rings. The Morgan fingerprint density at radius 3 is 2.83 bits per heavy atom. The molecule has 0 heterocycles. The van der Waals surface area contributed by atoms with Crippen LogP contribution < -0.4 is 5.23 Å². The summed E-state index contributed by atoms with van der Waals surface area (Å²) in [4.78, 5) is 0. The van der Waals surface area contributed by atoms with E-state index in [0.29, 0.717) is 0 Å². The van der Waals surface area contributed by atoms with Crippen molar-refractivity contribution in [1.82, 2.24) is 0 Å². The van der Waals surface area contributed by atoms with Crippen molar-refractivity contribution in [2.75, 3.05) is 12.3 Å². The normalized spacial score (nSPS) is 9.50. The van der Waals surface area contributed by atoms with E-state index >= 15 is 0 Å². The molecule has 0 atom stereocenters. The summed E-state index contributed by atoms with van der Waals surface area (Å²) in [6.45, 7) is 1.85. The number of nitrogens with one attached hydrogen (secondary N) is 1. The molecule has 0 spiro atoms. The first-order valence-corrected chi connectivity index (χ1v) is 3.64. The molecular formula is C8H11BNO2. The first-order chi connectivity index (χ1) is 5.74. The largest absolute Gasteiger partial charge is 0.508 e. The monoisotopic (exact) mass is 164 g/mol. The molecule has 1 radical (unpaired) electrons. The van der Waals surface area contributed by atoms with E-state index in [4.69, 9.17) is 4.65 Å². The molecule has 0 saturated carbocycles. The second kappa shape index (κ2) is 4.02. The summed E-state index contributed by atoms with van der Waals surface area (Å²) >= 11 is 0. The number of anilines is 1. The zero-order valence-corrected chi connectivity index (χ0v) is 7.16. The quantitative estimate of drug-likeness (QED) is 0.661. The van der Waals surface area contributed by atoms with Crippen molar-refractivity contribution in [1.29, 1.82) is 0 Å². The van der Waals surface area contributed by atoms with Crippen molar-refractivity contribution < 1.29 is 9.76 Å². The zero-order chi connectivity index (χ0) is 8.97. The van der Waals surface area contributed by atoms with E-state index in [-0.39, 0.29) is 5.75 Å². The third-order valence-electron chi connectivity index (χ3n) is 1.55. The van der Waals surface area contributed by atoms with Gasteiger partial charge in [0, 0.05) is 18.9 Å². The average molecular weight is 164 g/mol. The van der Waals surface area contributed by atoms with Gasteiger partial charge in [-0.2, -0.15) is 0 Å². The lowest BCUT2D eigenvalue weighted by Gasteiger charge is -2.04. The van der Waals surface area contributed by atoms with Crippen LogP contribution in [0.25, 0.3) is 0 Å². The Hall–Kier alpha value is -1.16. The van der Waals surface area contributed by atoms with Crippen molar-refractivity contribution >= 4 is 13.3 Å². The minimum Gasteiger partial charge on any atom is -0.508 e. The van der Waals surface area contributed by atoms with Crippen LogP contribution in [0.15, 0.2) is 18.2 Å². The fourth-order valence-corrected chi connectivity index (χ4v) is 0.826. The molecule has 12 heavy (non-hydrogen) atoms. The van der Waals surface area contributed by atoms with Gasteiger partial charge in [0.25, 0.3) is 0 Å². The summed E-state index contributed by atoms with van der Waals surface area (Å²) in [7, 11) is 3.01. The molecule has 1 aromatic carbocycles. The molecule has 0 aliphatic heterocycles. The predicted octanol–water partition coefficient (Wildman–Crippen LogP) is 1.29. The summed E-state index contributed by atoms with van der Waals surface area (Å²) in [5.74, 6) is 0.282. The maximum Gasteiger partial charge on any atom is 0.435 e. The van der Waals surface area contributed by atoms with Gasteiger partial charge in [0.05, 0.1) is 0 Å². The van der Waals surface area contributed by atoms with Gasteiger partial charge in [0.2, 0.25) is 0 Å². The molecule has 2 N–H and O–H groups in total. The minimum atomic E-state index is 0.282.